The lowest BCUT2D eigenvalue weighted by atomic mass is 9.85. The summed E-state index contributed by atoms with van der Waals surface area (Å²) in [5.41, 5.74) is 1.61. The van der Waals surface area contributed by atoms with Crippen LogP contribution in [0.15, 0.2) is 41.8 Å². The van der Waals surface area contributed by atoms with Gasteiger partial charge in [-0.1, -0.05) is 24.3 Å². The molecule has 0 bridgehead atoms. The van der Waals surface area contributed by atoms with Crippen molar-refractivity contribution in [1.82, 2.24) is 4.90 Å². The molecule has 2 aromatic rings. The number of nitrogens with zero attached hydrogens (tertiary/aromatic N) is 1. The Kier molecular flexibility index (Phi) is 6.60. The normalized spacial score (nSPS) is 19.4. The van der Waals surface area contributed by atoms with Gasteiger partial charge in [0.15, 0.2) is 0 Å². The van der Waals surface area contributed by atoms with Crippen LogP contribution in [-0.2, 0) is 19.1 Å². The molecule has 0 radical (unpaired) electrons. The van der Waals surface area contributed by atoms with Gasteiger partial charge >= 0.3 is 5.97 Å². The number of benzene rings is 1. The minimum atomic E-state index is -0.565. The molecule has 1 aromatic carbocycles. The monoisotopic (exact) mass is 468 g/mol. The molecule has 0 saturated carbocycles. The second-order valence-corrected chi connectivity index (χ2v) is 8.65. The fourth-order valence-corrected chi connectivity index (χ4v) is 5.15. The molecule has 1 fully saturated rings. The van der Waals surface area contributed by atoms with Crippen molar-refractivity contribution < 1.29 is 28.7 Å². The Labute approximate surface area is 195 Å². The van der Waals surface area contributed by atoms with Gasteiger partial charge in [-0.3, -0.25) is 19.3 Å². The average molecular weight is 469 g/mol. The van der Waals surface area contributed by atoms with E-state index in [0.717, 1.165) is 10.5 Å². The van der Waals surface area contributed by atoms with Crippen molar-refractivity contribution in [3.8, 4) is 16.9 Å². The highest BCUT2D eigenvalue weighted by atomic mass is 32.1. The average Bonchev–Trinajstić information content (AvgIpc) is 3.34. The number of ether oxygens (including phenoxy) is 2. The molecular formula is C24H24N2O6S. The van der Waals surface area contributed by atoms with E-state index in [1.54, 1.807) is 31.5 Å². The minimum absolute atomic E-state index is 0.178. The molecule has 0 spiro atoms. The molecule has 1 aromatic heterocycles. The number of carbonyl (C=O) groups excluding carboxylic acids is 4. The van der Waals surface area contributed by atoms with Crippen LogP contribution in [-0.4, -0.2) is 48.9 Å². The first-order valence-electron chi connectivity index (χ1n) is 10.7. The fourth-order valence-electron chi connectivity index (χ4n) is 4.17. The summed E-state index contributed by atoms with van der Waals surface area (Å²) in [5.74, 6) is -1.86. The van der Waals surface area contributed by atoms with Crippen molar-refractivity contribution in [3.63, 3.8) is 0 Å². The number of hydrogen-bond donors (Lipinski definition) is 1. The minimum Gasteiger partial charge on any atom is -0.497 e. The van der Waals surface area contributed by atoms with Gasteiger partial charge in [0.05, 0.1) is 25.6 Å². The summed E-state index contributed by atoms with van der Waals surface area (Å²) in [6.45, 7) is 1.49. The summed E-state index contributed by atoms with van der Waals surface area (Å²) < 4.78 is 10.4. The number of methoxy groups -OCH3 is 1. The molecule has 33 heavy (non-hydrogen) atoms. The molecule has 2 aliphatic rings. The Hall–Kier alpha value is -3.46. The number of carbonyl (C=O) groups is 4. The van der Waals surface area contributed by atoms with E-state index in [2.05, 4.69) is 5.32 Å². The van der Waals surface area contributed by atoms with Crippen LogP contribution in [0.4, 0.5) is 5.00 Å². The van der Waals surface area contributed by atoms with Gasteiger partial charge in [-0.2, -0.15) is 0 Å². The first-order valence-corrected chi connectivity index (χ1v) is 11.6. The van der Waals surface area contributed by atoms with Crippen LogP contribution < -0.4 is 10.1 Å². The van der Waals surface area contributed by atoms with E-state index in [0.29, 0.717) is 29.2 Å². The number of likely N-dealkylation sites (tertiary alicyclic amines) is 1. The van der Waals surface area contributed by atoms with E-state index < -0.39 is 23.7 Å². The van der Waals surface area contributed by atoms with Crippen molar-refractivity contribution in [2.45, 2.75) is 19.8 Å². The van der Waals surface area contributed by atoms with Crippen LogP contribution in [0.2, 0.25) is 0 Å². The third-order valence-electron chi connectivity index (χ3n) is 5.83. The lowest BCUT2D eigenvalue weighted by Gasteiger charge is -2.14. The first kappa shape index (κ1) is 22.7. The van der Waals surface area contributed by atoms with Crippen LogP contribution in [0.25, 0.3) is 11.1 Å². The Bertz CT molecular complexity index is 1090. The maximum atomic E-state index is 12.8. The van der Waals surface area contributed by atoms with Crippen molar-refractivity contribution in [2.24, 2.45) is 11.8 Å². The predicted molar refractivity (Wildman–Crippen MR) is 123 cm³/mol. The van der Waals surface area contributed by atoms with E-state index in [1.165, 1.54) is 11.3 Å². The van der Waals surface area contributed by atoms with Gasteiger partial charge < -0.3 is 14.8 Å². The van der Waals surface area contributed by atoms with E-state index in [-0.39, 0.29) is 30.5 Å². The summed E-state index contributed by atoms with van der Waals surface area (Å²) in [6, 6.07) is 7.18. The second-order valence-electron chi connectivity index (χ2n) is 7.77. The summed E-state index contributed by atoms with van der Waals surface area (Å²) in [7, 11) is 1.57. The number of rotatable bonds is 7. The second kappa shape index (κ2) is 9.58. The molecule has 4 rings (SSSR count). The third-order valence-corrected chi connectivity index (χ3v) is 6.72. The molecule has 3 amide bonds. The lowest BCUT2D eigenvalue weighted by molar-refractivity contribution is -0.142. The van der Waals surface area contributed by atoms with Gasteiger partial charge in [0, 0.05) is 10.9 Å². The van der Waals surface area contributed by atoms with E-state index in [4.69, 9.17) is 9.47 Å². The van der Waals surface area contributed by atoms with Crippen LogP contribution in [0, 0.1) is 11.8 Å². The molecule has 1 N–H and O–H groups in total. The van der Waals surface area contributed by atoms with Crippen LogP contribution in [0.5, 0.6) is 5.75 Å². The van der Waals surface area contributed by atoms with E-state index >= 15 is 0 Å². The smallest absolute Gasteiger partial charge is 0.341 e. The Balaban J connectivity index is 1.55. The van der Waals surface area contributed by atoms with Gasteiger partial charge in [-0.05, 0) is 37.5 Å². The molecular weight excluding hydrogens is 444 g/mol. The maximum Gasteiger partial charge on any atom is 0.341 e. The number of hydrogen-bond acceptors (Lipinski definition) is 7. The first-order chi connectivity index (χ1) is 15.9. The summed E-state index contributed by atoms with van der Waals surface area (Å²) in [4.78, 5) is 51.8. The third kappa shape index (κ3) is 4.41. The zero-order valence-corrected chi connectivity index (χ0v) is 19.1. The molecule has 1 aliphatic heterocycles. The summed E-state index contributed by atoms with van der Waals surface area (Å²) in [6.07, 6.45) is 4.81. The van der Waals surface area contributed by atoms with Gasteiger partial charge in [-0.25, -0.2) is 4.79 Å². The fraction of sp³-hybridized carbons (Fsp3) is 0.333. The zero-order chi connectivity index (χ0) is 23.5. The summed E-state index contributed by atoms with van der Waals surface area (Å²) in [5, 5.41) is 4.77. The van der Waals surface area contributed by atoms with Crippen LogP contribution in [0.1, 0.15) is 30.1 Å². The number of anilines is 1. The molecule has 2 heterocycles. The van der Waals surface area contributed by atoms with Crippen molar-refractivity contribution in [2.75, 3.05) is 25.6 Å². The highest BCUT2D eigenvalue weighted by Crippen LogP contribution is 2.38. The number of nitrogens with one attached hydrogen (secondary N) is 1. The number of fused-ring (bicyclic) bond motifs is 1. The molecule has 2 atom stereocenters. The predicted octanol–water partition coefficient (Wildman–Crippen LogP) is 3.49. The highest BCUT2D eigenvalue weighted by Gasteiger charge is 2.47. The van der Waals surface area contributed by atoms with E-state index in [1.807, 2.05) is 24.3 Å². The van der Waals surface area contributed by atoms with Crippen LogP contribution in [0.3, 0.4) is 0 Å². The Morgan fingerprint density at radius 3 is 2.30 bits per heavy atom. The van der Waals surface area contributed by atoms with Crippen molar-refractivity contribution in [3.05, 3.63) is 47.4 Å². The van der Waals surface area contributed by atoms with E-state index in [9.17, 15) is 19.2 Å². The quantitative estimate of drug-likeness (QED) is 0.379. The molecule has 8 nitrogen and oxygen atoms in total. The van der Waals surface area contributed by atoms with Gasteiger partial charge in [0.1, 0.15) is 22.9 Å². The SMILES string of the molecule is CCOC(=O)c1c(-c2ccc(OC)cc2)csc1NC(=O)CN1C(=O)C2CC=CCC2C1=O. The van der Waals surface area contributed by atoms with Crippen molar-refractivity contribution in [1.29, 1.82) is 0 Å². The lowest BCUT2D eigenvalue weighted by Crippen LogP contribution is -2.38. The number of thiophene rings is 1. The molecule has 2 unspecified atom stereocenters. The van der Waals surface area contributed by atoms with Gasteiger partial charge in [0.25, 0.3) is 0 Å². The van der Waals surface area contributed by atoms with Crippen molar-refractivity contribution >= 4 is 40.0 Å². The molecule has 172 valence electrons. The van der Waals surface area contributed by atoms with Crippen LogP contribution >= 0.6 is 11.3 Å². The molecule has 1 saturated heterocycles. The number of imide groups is 1. The largest absolute Gasteiger partial charge is 0.497 e. The topological polar surface area (TPSA) is 102 Å². The molecule has 9 heteroatoms. The summed E-state index contributed by atoms with van der Waals surface area (Å²) >= 11 is 1.18. The zero-order valence-electron chi connectivity index (χ0n) is 18.3. The Morgan fingerprint density at radius 1 is 1.09 bits per heavy atom. The van der Waals surface area contributed by atoms with Gasteiger partial charge in [-0.15, -0.1) is 11.3 Å². The Morgan fingerprint density at radius 2 is 1.73 bits per heavy atom. The van der Waals surface area contributed by atoms with Gasteiger partial charge in [0.2, 0.25) is 17.7 Å². The number of amides is 3. The maximum absolute atomic E-state index is 12.8. The molecule has 1 aliphatic carbocycles. The number of allylic oxidation sites excluding steroid dienone is 2. The number of esters is 1. The standard InChI is InChI=1S/C24H24N2O6S/c1-3-32-24(30)20-18(14-8-10-15(31-2)11-9-14)13-33-21(20)25-19(27)12-26-22(28)16-6-4-5-7-17(16)23(26)29/h4-5,8-11,13,16-17H,3,6-7,12H2,1-2H3,(H,25,27). The highest BCUT2D eigenvalue weighted by molar-refractivity contribution is 7.15.